The van der Waals surface area contributed by atoms with Crippen molar-refractivity contribution in [2.45, 2.75) is 26.8 Å². The first-order valence-electron chi connectivity index (χ1n) is 6.84. The lowest BCUT2D eigenvalue weighted by Crippen LogP contribution is -2.35. The van der Waals surface area contributed by atoms with Crippen LogP contribution in [0, 0.1) is 11.3 Å². The molecule has 5 nitrogen and oxygen atoms in total. The van der Waals surface area contributed by atoms with E-state index in [9.17, 15) is 9.59 Å². The molecule has 0 spiro atoms. The molecule has 0 heterocycles. The molecule has 5 heteroatoms. The fraction of sp³-hybridized carbons (Fsp3) is 0.312. The highest BCUT2D eigenvalue weighted by atomic mass is 16.5. The highest BCUT2D eigenvalue weighted by Crippen LogP contribution is 2.19. The Bertz CT molecular complexity index is 765. The lowest BCUT2D eigenvalue weighted by molar-refractivity contribution is 0.334. The quantitative estimate of drug-likeness (QED) is 0.817. The molecule has 0 aliphatic heterocycles. The molecule has 2 aromatic carbocycles. The number of nitriles is 1. The molecular formula is C16H16N2O3. The number of anilines is 1. The number of nitrogens with zero attached hydrogens (tertiary/aromatic N) is 1. The minimum absolute atomic E-state index is 0.117. The molecule has 0 radical (unpaired) electrons. The van der Waals surface area contributed by atoms with Gasteiger partial charge in [0, 0.05) is 6.54 Å². The van der Waals surface area contributed by atoms with Gasteiger partial charge >= 0.3 is 0 Å². The molecule has 0 unspecified atom stereocenters. The van der Waals surface area contributed by atoms with Gasteiger partial charge in [-0.3, -0.25) is 9.59 Å². The van der Waals surface area contributed by atoms with Crippen molar-refractivity contribution in [3.63, 3.8) is 0 Å². The molecule has 0 fully saturated rings. The van der Waals surface area contributed by atoms with Crippen LogP contribution in [-0.4, -0.2) is 6.61 Å². The van der Waals surface area contributed by atoms with Crippen LogP contribution in [0.3, 0.4) is 0 Å². The van der Waals surface area contributed by atoms with E-state index >= 15 is 0 Å². The van der Waals surface area contributed by atoms with E-state index in [2.05, 4.69) is 11.4 Å². The van der Waals surface area contributed by atoms with Crippen molar-refractivity contribution in [2.24, 2.45) is 0 Å². The normalized spacial score (nSPS) is 10.3. The Labute approximate surface area is 122 Å². The van der Waals surface area contributed by atoms with Crippen LogP contribution >= 0.6 is 0 Å². The lowest BCUT2D eigenvalue weighted by Gasteiger charge is -2.13. The molecule has 0 aliphatic rings. The average molecular weight is 284 g/mol. The Morgan fingerprint density at radius 3 is 2.62 bits per heavy atom. The number of rotatable bonds is 6. The Morgan fingerprint density at radius 2 is 2.00 bits per heavy atom. The minimum Gasteiger partial charge on any atom is -0.488 e. The summed E-state index contributed by atoms with van der Waals surface area (Å²) in [5.74, 6) is 0.117. The van der Waals surface area contributed by atoms with Gasteiger partial charge in [-0.25, -0.2) is 0 Å². The maximum atomic E-state index is 11.5. The van der Waals surface area contributed by atoms with Gasteiger partial charge in [-0.05, 0) is 30.5 Å². The summed E-state index contributed by atoms with van der Waals surface area (Å²) in [4.78, 5) is 22.8. The monoisotopic (exact) mass is 284 g/mol. The summed E-state index contributed by atoms with van der Waals surface area (Å²) in [5.41, 5.74) is 1.69. The summed E-state index contributed by atoms with van der Waals surface area (Å²) < 4.78 is 5.15. The van der Waals surface area contributed by atoms with E-state index in [-0.39, 0.29) is 11.4 Å². The van der Waals surface area contributed by atoms with Gasteiger partial charge in [0.05, 0.1) is 18.2 Å². The van der Waals surface area contributed by atoms with Gasteiger partial charge in [-0.2, -0.15) is 5.26 Å². The summed E-state index contributed by atoms with van der Waals surface area (Å²) in [7, 11) is 0. The van der Waals surface area contributed by atoms with Crippen LogP contribution in [0.5, 0.6) is 5.75 Å². The largest absolute Gasteiger partial charge is 0.488 e. The van der Waals surface area contributed by atoms with Crippen LogP contribution in [0.4, 0.5) is 5.69 Å². The number of hydrogen-bond acceptors (Lipinski definition) is 5. The molecule has 108 valence electrons. The molecule has 2 aromatic rings. The minimum atomic E-state index is -0.576. The van der Waals surface area contributed by atoms with Gasteiger partial charge in [0.25, 0.3) is 10.9 Å². The number of benzene rings is 1. The summed E-state index contributed by atoms with van der Waals surface area (Å²) in [5, 5.41) is 11.9. The number of aryl methyl sites for hydroxylation is 1. The second kappa shape index (κ2) is 6.23. The zero-order valence-corrected chi connectivity index (χ0v) is 12.0. The second-order valence-corrected chi connectivity index (χ2v) is 4.61. The highest BCUT2D eigenvalue weighted by Gasteiger charge is 2.21. The smallest absolute Gasteiger partial charge is 0.272 e. The first-order valence-corrected chi connectivity index (χ1v) is 6.84. The van der Waals surface area contributed by atoms with Crippen molar-refractivity contribution in [3.05, 3.63) is 55.3 Å². The summed E-state index contributed by atoms with van der Waals surface area (Å²) in [6, 6.07) is 7.67. The second-order valence-electron chi connectivity index (χ2n) is 4.61. The Kier molecular flexibility index (Phi) is 4.39. The third-order valence-electron chi connectivity index (χ3n) is 3.30. The topological polar surface area (TPSA) is 79.2 Å². The number of hydrogen-bond donors (Lipinski definition) is 1. The van der Waals surface area contributed by atoms with Crippen molar-refractivity contribution in [3.8, 4) is 11.8 Å². The van der Waals surface area contributed by atoms with Crippen molar-refractivity contribution in [2.75, 3.05) is 11.9 Å². The van der Waals surface area contributed by atoms with Gasteiger partial charge < -0.3 is 10.1 Å². The lowest BCUT2D eigenvalue weighted by atomic mass is 10.0. The molecule has 0 saturated carbocycles. The van der Waals surface area contributed by atoms with Crippen LogP contribution < -0.4 is 20.9 Å². The van der Waals surface area contributed by atoms with Crippen LogP contribution in [0.15, 0.2) is 27.8 Å². The van der Waals surface area contributed by atoms with Crippen LogP contribution in [0.25, 0.3) is 0 Å². The molecule has 1 N–H and O–H groups in total. The molecule has 21 heavy (non-hydrogen) atoms. The third kappa shape index (κ3) is 2.79. The molecule has 0 atom stereocenters. The maximum absolute atomic E-state index is 11.5. The summed E-state index contributed by atoms with van der Waals surface area (Å²) >= 11 is 0. The average Bonchev–Trinajstić information content (AvgIpc) is 2.53. The fourth-order valence-electron chi connectivity index (χ4n) is 2.16. The predicted molar refractivity (Wildman–Crippen MR) is 80.4 cm³/mol. The highest BCUT2D eigenvalue weighted by molar-refractivity contribution is 5.62. The van der Waals surface area contributed by atoms with Gasteiger partial charge in [-0.15, -0.1) is 0 Å². The first kappa shape index (κ1) is 14.8. The third-order valence-corrected chi connectivity index (χ3v) is 3.30. The van der Waals surface area contributed by atoms with Gasteiger partial charge in [0.1, 0.15) is 5.69 Å². The zero-order valence-electron chi connectivity index (χ0n) is 12.0. The number of ether oxygens (including phenoxy) is 1. The van der Waals surface area contributed by atoms with Crippen molar-refractivity contribution < 1.29 is 4.74 Å². The van der Waals surface area contributed by atoms with E-state index in [1.807, 2.05) is 19.1 Å². The predicted octanol–water partition coefficient (Wildman–Crippen LogP) is 1.73. The molecule has 0 amide bonds. The van der Waals surface area contributed by atoms with Crippen molar-refractivity contribution >= 4 is 5.69 Å². The molecule has 2 rings (SSSR count). The summed E-state index contributed by atoms with van der Waals surface area (Å²) in [6.45, 7) is 4.49. The van der Waals surface area contributed by atoms with Crippen molar-refractivity contribution in [1.82, 2.24) is 0 Å². The van der Waals surface area contributed by atoms with Gasteiger partial charge in [-0.1, -0.05) is 19.1 Å². The van der Waals surface area contributed by atoms with Crippen LogP contribution in [-0.2, 0) is 13.0 Å². The zero-order chi connectivity index (χ0) is 15.4. The summed E-state index contributed by atoms with van der Waals surface area (Å²) in [6.07, 6.45) is 0.765. The van der Waals surface area contributed by atoms with Gasteiger partial charge in [0.2, 0.25) is 0 Å². The molecule has 0 aliphatic carbocycles. The van der Waals surface area contributed by atoms with E-state index < -0.39 is 10.9 Å². The van der Waals surface area contributed by atoms with Crippen LogP contribution in [0.2, 0.25) is 0 Å². The standard InChI is InChI=1S/C16H16N2O3/c1-3-11-7-10(5-6-12(11)8-17)9-18-13-14(19)15(20)16(13)21-4-2/h5-7,18H,3-4,9H2,1-2H3. The van der Waals surface area contributed by atoms with Crippen molar-refractivity contribution in [1.29, 1.82) is 5.26 Å². The fourth-order valence-corrected chi connectivity index (χ4v) is 2.16. The Balaban J connectivity index is 2.14. The first-order chi connectivity index (χ1) is 10.1. The SMILES string of the molecule is CCOc1c(NCc2ccc(C#N)c(CC)c2)c(=O)c1=O. The molecular weight excluding hydrogens is 268 g/mol. The van der Waals surface area contributed by atoms with E-state index in [4.69, 9.17) is 10.00 Å². The van der Waals surface area contributed by atoms with E-state index in [0.29, 0.717) is 18.7 Å². The molecule has 0 aromatic heterocycles. The Morgan fingerprint density at radius 1 is 1.24 bits per heavy atom. The molecule has 0 saturated heterocycles. The van der Waals surface area contributed by atoms with E-state index in [0.717, 1.165) is 17.5 Å². The number of nitrogens with one attached hydrogen (secondary N) is 1. The van der Waals surface area contributed by atoms with Gasteiger partial charge in [0.15, 0.2) is 5.75 Å². The Hall–Kier alpha value is -2.61. The van der Waals surface area contributed by atoms with Crippen LogP contribution in [0.1, 0.15) is 30.5 Å². The molecule has 0 bridgehead atoms. The maximum Gasteiger partial charge on any atom is 0.272 e. The van der Waals surface area contributed by atoms with E-state index in [1.165, 1.54) is 0 Å². The van der Waals surface area contributed by atoms with E-state index in [1.54, 1.807) is 13.0 Å².